The van der Waals surface area contributed by atoms with E-state index in [0.29, 0.717) is 24.3 Å². The van der Waals surface area contributed by atoms with Gasteiger partial charge in [-0.2, -0.15) is 0 Å². The number of benzene rings is 2. The highest BCUT2D eigenvalue weighted by molar-refractivity contribution is 9.10. The van der Waals surface area contributed by atoms with E-state index in [1.807, 2.05) is 44.2 Å². The van der Waals surface area contributed by atoms with Crippen LogP contribution >= 0.6 is 15.9 Å². The van der Waals surface area contributed by atoms with Gasteiger partial charge in [0, 0.05) is 16.2 Å². The van der Waals surface area contributed by atoms with Crippen LogP contribution in [0.15, 0.2) is 58.6 Å². The average molecular weight is 543 g/mol. The zero-order valence-electron chi connectivity index (χ0n) is 20.2. The van der Waals surface area contributed by atoms with E-state index in [9.17, 15) is 14.0 Å². The third-order valence-electron chi connectivity index (χ3n) is 6.93. The summed E-state index contributed by atoms with van der Waals surface area (Å²) in [5.41, 5.74) is 2.16. The van der Waals surface area contributed by atoms with Gasteiger partial charge in [-0.25, -0.2) is 4.39 Å². The third kappa shape index (κ3) is 5.95. The molecule has 0 radical (unpaired) electrons. The molecule has 35 heavy (non-hydrogen) atoms. The molecular formula is C28H32BrFN2O3. The van der Waals surface area contributed by atoms with Crippen molar-refractivity contribution in [1.82, 2.24) is 5.32 Å². The van der Waals surface area contributed by atoms with Crippen LogP contribution in [-0.4, -0.2) is 30.0 Å². The maximum atomic E-state index is 14.0. The Bertz CT molecular complexity index is 1100. The van der Waals surface area contributed by atoms with Gasteiger partial charge >= 0.3 is 0 Å². The fourth-order valence-electron chi connectivity index (χ4n) is 4.90. The van der Waals surface area contributed by atoms with Crippen molar-refractivity contribution in [3.63, 3.8) is 0 Å². The fraction of sp³-hybridized carbons (Fsp3) is 0.429. The number of aryl methyl sites for hydroxylation is 1. The minimum absolute atomic E-state index is 0.123. The Balaban J connectivity index is 1.67. The van der Waals surface area contributed by atoms with Crippen LogP contribution in [0.2, 0.25) is 0 Å². The van der Waals surface area contributed by atoms with Crippen molar-refractivity contribution in [2.24, 2.45) is 0 Å². The van der Waals surface area contributed by atoms with Gasteiger partial charge in [0.05, 0.1) is 0 Å². The number of anilines is 1. The summed E-state index contributed by atoms with van der Waals surface area (Å²) in [4.78, 5) is 29.3. The molecule has 1 saturated carbocycles. The maximum absolute atomic E-state index is 14.0. The van der Waals surface area contributed by atoms with Crippen molar-refractivity contribution in [1.29, 1.82) is 0 Å². The molecule has 1 aliphatic carbocycles. The lowest BCUT2D eigenvalue weighted by molar-refractivity contribution is -0.130. The number of allylic oxidation sites excluding steroid dienone is 1. The van der Waals surface area contributed by atoms with Gasteiger partial charge in [-0.1, -0.05) is 41.3 Å². The number of hydrogen-bond acceptors (Lipinski definition) is 3. The molecule has 0 spiro atoms. The topological polar surface area (TPSA) is 58.6 Å². The SMILES string of the molecule is C/C=C(\C)C(C(=O)NC1CCCCC1)N(C(=O)C1CCc2cc(F)ccc2O1)c1ccc(Br)cc1. The molecule has 2 aliphatic rings. The van der Waals surface area contributed by atoms with Gasteiger partial charge in [0.15, 0.2) is 6.10 Å². The van der Waals surface area contributed by atoms with Gasteiger partial charge in [-0.05, 0) is 93.1 Å². The minimum Gasteiger partial charge on any atom is -0.480 e. The first kappa shape index (κ1) is 25.4. The van der Waals surface area contributed by atoms with Crippen LogP contribution in [0.25, 0.3) is 0 Å². The number of carbonyl (C=O) groups is 2. The molecule has 4 rings (SSSR count). The quantitative estimate of drug-likeness (QED) is 0.448. The zero-order chi connectivity index (χ0) is 24.9. The van der Waals surface area contributed by atoms with Gasteiger partial charge in [-0.15, -0.1) is 0 Å². The lowest BCUT2D eigenvalue weighted by atomic mass is 9.94. The molecule has 1 N–H and O–H groups in total. The number of halogens is 2. The summed E-state index contributed by atoms with van der Waals surface area (Å²) in [5, 5.41) is 3.21. The summed E-state index contributed by atoms with van der Waals surface area (Å²) < 4.78 is 20.6. The molecule has 7 heteroatoms. The summed E-state index contributed by atoms with van der Waals surface area (Å²) in [6, 6.07) is 11.1. The Kier molecular flexibility index (Phi) is 8.26. The number of rotatable bonds is 6. The first-order chi connectivity index (χ1) is 16.9. The minimum atomic E-state index is -0.797. The Morgan fingerprint density at radius 1 is 1.11 bits per heavy atom. The summed E-state index contributed by atoms with van der Waals surface area (Å²) in [6.45, 7) is 3.76. The highest BCUT2D eigenvalue weighted by atomic mass is 79.9. The van der Waals surface area contributed by atoms with Crippen molar-refractivity contribution in [2.45, 2.75) is 77.0 Å². The van der Waals surface area contributed by atoms with E-state index in [0.717, 1.165) is 41.3 Å². The van der Waals surface area contributed by atoms with Crippen LogP contribution in [0.4, 0.5) is 10.1 Å². The highest BCUT2D eigenvalue weighted by Crippen LogP contribution is 2.32. The van der Waals surface area contributed by atoms with Crippen LogP contribution in [-0.2, 0) is 16.0 Å². The Morgan fingerprint density at radius 3 is 2.51 bits per heavy atom. The average Bonchev–Trinajstić information content (AvgIpc) is 2.87. The summed E-state index contributed by atoms with van der Waals surface area (Å²) in [6.07, 6.45) is 7.35. The Labute approximate surface area is 214 Å². The van der Waals surface area contributed by atoms with E-state index in [1.54, 1.807) is 11.0 Å². The summed E-state index contributed by atoms with van der Waals surface area (Å²) in [5.74, 6) is -0.274. The van der Waals surface area contributed by atoms with Crippen LogP contribution < -0.4 is 15.0 Å². The zero-order valence-corrected chi connectivity index (χ0v) is 21.8. The molecule has 0 bridgehead atoms. The fourth-order valence-corrected chi connectivity index (χ4v) is 5.17. The molecule has 2 unspecified atom stereocenters. The van der Waals surface area contributed by atoms with Gasteiger partial charge < -0.3 is 10.1 Å². The maximum Gasteiger partial charge on any atom is 0.269 e. The third-order valence-corrected chi connectivity index (χ3v) is 7.46. The van der Waals surface area contributed by atoms with E-state index in [-0.39, 0.29) is 23.7 Å². The second-order valence-corrected chi connectivity index (χ2v) is 10.3. The largest absolute Gasteiger partial charge is 0.480 e. The lowest BCUT2D eigenvalue weighted by Gasteiger charge is -2.36. The standard InChI is InChI=1S/C28H32BrFN2O3/c1-3-18(2)26(27(33)31-22-7-5-4-6-8-22)32(23-13-10-20(29)11-14-23)28(34)25-15-9-19-17-21(30)12-16-24(19)35-25/h3,10-14,16-17,22,25-26H,4-9,15H2,1-2H3,(H,31,33)/b18-3+. The van der Waals surface area contributed by atoms with Crippen LogP contribution in [0.3, 0.4) is 0 Å². The molecular weight excluding hydrogens is 511 g/mol. The monoisotopic (exact) mass is 542 g/mol. The number of fused-ring (bicyclic) bond motifs is 1. The normalized spacial score (nSPS) is 19.3. The van der Waals surface area contributed by atoms with Crippen molar-refractivity contribution < 1.29 is 18.7 Å². The van der Waals surface area contributed by atoms with Gasteiger partial charge in [0.1, 0.15) is 17.6 Å². The predicted octanol–water partition coefficient (Wildman–Crippen LogP) is 6.10. The Morgan fingerprint density at radius 2 is 1.83 bits per heavy atom. The molecule has 2 aromatic carbocycles. The molecule has 0 aromatic heterocycles. The molecule has 1 fully saturated rings. The van der Waals surface area contributed by atoms with Gasteiger partial charge in [0.25, 0.3) is 5.91 Å². The molecule has 1 aliphatic heterocycles. The summed E-state index contributed by atoms with van der Waals surface area (Å²) in [7, 11) is 0. The smallest absolute Gasteiger partial charge is 0.269 e. The number of ether oxygens (including phenoxy) is 1. The molecule has 1 heterocycles. The molecule has 0 saturated heterocycles. The van der Waals surface area contributed by atoms with E-state index in [4.69, 9.17) is 4.74 Å². The molecule has 5 nitrogen and oxygen atoms in total. The van der Waals surface area contributed by atoms with Crippen molar-refractivity contribution in [3.05, 3.63) is 70.0 Å². The van der Waals surface area contributed by atoms with Crippen LogP contribution in [0.1, 0.15) is 57.9 Å². The first-order valence-electron chi connectivity index (χ1n) is 12.3. The second kappa shape index (κ2) is 11.4. The number of carbonyl (C=O) groups excluding carboxylic acids is 2. The van der Waals surface area contributed by atoms with E-state index in [2.05, 4.69) is 21.2 Å². The van der Waals surface area contributed by atoms with Gasteiger partial charge in [0.2, 0.25) is 5.91 Å². The first-order valence-corrected chi connectivity index (χ1v) is 13.1. The van der Waals surface area contributed by atoms with Crippen molar-refractivity contribution in [2.75, 3.05) is 4.90 Å². The van der Waals surface area contributed by atoms with Crippen molar-refractivity contribution in [3.8, 4) is 5.75 Å². The number of nitrogens with one attached hydrogen (secondary N) is 1. The van der Waals surface area contributed by atoms with Gasteiger partial charge in [-0.3, -0.25) is 14.5 Å². The predicted molar refractivity (Wildman–Crippen MR) is 139 cm³/mol. The van der Waals surface area contributed by atoms with E-state index in [1.165, 1.54) is 18.6 Å². The molecule has 186 valence electrons. The lowest BCUT2D eigenvalue weighted by Crippen LogP contribution is -2.56. The van der Waals surface area contributed by atoms with E-state index >= 15 is 0 Å². The highest BCUT2D eigenvalue weighted by Gasteiger charge is 2.38. The van der Waals surface area contributed by atoms with Crippen molar-refractivity contribution >= 4 is 33.4 Å². The van der Waals surface area contributed by atoms with Crippen LogP contribution in [0.5, 0.6) is 5.75 Å². The Hall–Kier alpha value is -2.67. The second-order valence-electron chi connectivity index (χ2n) is 9.36. The molecule has 2 aromatic rings. The number of nitrogens with zero attached hydrogens (tertiary/aromatic N) is 1. The number of amides is 2. The summed E-state index contributed by atoms with van der Waals surface area (Å²) >= 11 is 3.46. The molecule has 2 amide bonds. The number of hydrogen-bond donors (Lipinski definition) is 1. The van der Waals surface area contributed by atoms with Crippen LogP contribution in [0, 0.1) is 5.82 Å². The van der Waals surface area contributed by atoms with E-state index < -0.39 is 12.1 Å². The molecule has 2 atom stereocenters.